The topological polar surface area (TPSA) is 92.8 Å². The highest BCUT2D eigenvalue weighted by Crippen LogP contribution is 2.29. The van der Waals surface area contributed by atoms with Crippen LogP contribution in [0, 0.1) is 0 Å². The van der Waals surface area contributed by atoms with E-state index in [1.54, 1.807) is 106 Å². The third-order valence-corrected chi connectivity index (χ3v) is 10.0. The first-order valence-electron chi connectivity index (χ1n) is 11.0. The maximum atomic E-state index is 14.0. The van der Waals surface area contributed by atoms with Crippen molar-refractivity contribution in [3.63, 3.8) is 0 Å². The minimum Gasteiger partial charge on any atom is -0.465 e. The van der Waals surface area contributed by atoms with Gasteiger partial charge >= 0.3 is 5.97 Å². The largest absolute Gasteiger partial charge is 0.465 e. The molecule has 9 heteroatoms. The Bertz CT molecular complexity index is 1120. The molecule has 1 N–H and O–H groups in total. The highest BCUT2D eigenvalue weighted by atomic mass is 32.3. The Kier molecular flexibility index (Phi) is 9.36. The van der Waals surface area contributed by atoms with Crippen LogP contribution in [0.15, 0.2) is 77.0 Å². The third-order valence-electron chi connectivity index (χ3n) is 5.27. The predicted molar refractivity (Wildman–Crippen MR) is 137 cm³/mol. The zero-order valence-corrected chi connectivity index (χ0v) is 22.2. The standard InChI is InChI=1S/C25H35N2O5S2/c1-7-32-24(28)23(26-34(30,31)25(2,3)4)22(20-14-10-8-11-15-20)18-19-33(29,27(5)6)21-16-12-9-13-17-21/h8-19,22-23,26H,7H2,1-6H3/q+1/b19-18+/t22-,23-,33?/m0/s1. The fourth-order valence-corrected chi connectivity index (χ4v) is 5.83. The Labute approximate surface area is 204 Å². The SMILES string of the molecule is CCOC(=O)[C@@H](NS(=O)(=O)C(C)(C)C)[C@@H](/C=C/[S+](=O)(c1ccccc1)N(C)C)c1ccccc1. The molecule has 0 saturated heterocycles. The molecule has 0 aliphatic rings. The number of benzene rings is 2. The van der Waals surface area contributed by atoms with Crippen LogP contribution in [0.25, 0.3) is 0 Å². The number of rotatable bonds is 10. The van der Waals surface area contributed by atoms with Crippen molar-refractivity contribution in [3.8, 4) is 0 Å². The number of sulfonamides is 1. The van der Waals surface area contributed by atoms with E-state index in [1.165, 1.54) is 0 Å². The van der Waals surface area contributed by atoms with E-state index in [2.05, 4.69) is 4.72 Å². The molecule has 1 unspecified atom stereocenters. The van der Waals surface area contributed by atoms with Gasteiger partial charge in [-0.1, -0.05) is 52.7 Å². The molecule has 0 saturated carbocycles. The van der Waals surface area contributed by atoms with Crippen molar-refractivity contribution in [1.82, 2.24) is 9.03 Å². The summed E-state index contributed by atoms with van der Waals surface area (Å²) in [6, 6.07) is 16.8. The molecule has 0 bridgehead atoms. The van der Waals surface area contributed by atoms with E-state index >= 15 is 0 Å². The first kappa shape index (κ1) is 27.9. The van der Waals surface area contributed by atoms with Gasteiger partial charge in [0.05, 0.1) is 11.4 Å². The van der Waals surface area contributed by atoms with Crippen LogP contribution in [0.2, 0.25) is 0 Å². The smallest absolute Gasteiger partial charge is 0.325 e. The van der Waals surface area contributed by atoms with Gasteiger partial charge < -0.3 is 4.74 Å². The van der Waals surface area contributed by atoms with Crippen LogP contribution in [0.5, 0.6) is 0 Å². The summed E-state index contributed by atoms with van der Waals surface area (Å²) in [6.07, 6.45) is 1.64. The maximum absolute atomic E-state index is 14.0. The van der Waals surface area contributed by atoms with Gasteiger partial charge in [0.15, 0.2) is 4.90 Å². The number of hydrogen-bond acceptors (Lipinski definition) is 5. The van der Waals surface area contributed by atoms with E-state index in [0.717, 1.165) is 0 Å². The zero-order chi connectivity index (χ0) is 25.6. The fraction of sp³-hybridized carbons (Fsp3) is 0.400. The lowest BCUT2D eigenvalue weighted by Crippen LogP contribution is -2.50. The van der Waals surface area contributed by atoms with Crippen molar-refractivity contribution in [3.05, 3.63) is 77.7 Å². The molecule has 0 heterocycles. The summed E-state index contributed by atoms with van der Waals surface area (Å²) >= 11 is 0. The summed E-state index contributed by atoms with van der Waals surface area (Å²) in [5, 5.41) is 1.55. The van der Waals surface area contributed by atoms with Gasteiger partial charge in [-0.15, -0.1) is 4.31 Å². The number of esters is 1. The van der Waals surface area contributed by atoms with Crippen LogP contribution in [0.4, 0.5) is 0 Å². The molecule has 0 amide bonds. The Morgan fingerprint density at radius 1 is 1.06 bits per heavy atom. The molecule has 2 rings (SSSR count). The van der Waals surface area contributed by atoms with Gasteiger partial charge in [-0.3, -0.25) is 4.79 Å². The summed E-state index contributed by atoms with van der Waals surface area (Å²) in [5.74, 6) is -1.47. The van der Waals surface area contributed by atoms with Gasteiger partial charge in [0, 0.05) is 20.0 Å². The number of hydrogen-bond donors (Lipinski definition) is 1. The highest BCUT2D eigenvalue weighted by Gasteiger charge is 2.40. The van der Waals surface area contributed by atoms with E-state index in [0.29, 0.717) is 10.5 Å². The van der Waals surface area contributed by atoms with Crippen LogP contribution in [-0.4, -0.2) is 50.2 Å². The van der Waals surface area contributed by atoms with E-state index in [9.17, 15) is 17.4 Å². The summed E-state index contributed by atoms with van der Waals surface area (Å²) in [5.41, 5.74) is 0.682. The third kappa shape index (κ3) is 6.63. The van der Waals surface area contributed by atoms with E-state index < -0.39 is 42.8 Å². The van der Waals surface area contributed by atoms with Gasteiger partial charge in [0.25, 0.3) is 0 Å². The monoisotopic (exact) mass is 507 g/mol. The van der Waals surface area contributed by atoms with E-state index in [4.69, 9.17) is 4.74 Å². The Morgan fingerprint density at radius 2 is 1.59 bits per heavy atom. The van der Waals surface area contributed by atoms with E-state index in [1.807, 2.05) is 12.1 Å². The Balaban J connectivity index is 2.65. The van der Waals surface area contributed by atoms with Crippen LogP contribution in [0.3, 0.4) is 0 Å². The maximum Gasteiger partial charge on any atom is 0.325 e. The molecule has 0 aromatic heterocycles. The molecule has 0 fully saturated rings. The molecule has 7 nitrogen and oxygen atoms in total. The molecular formula is C25H35N2O5S2+. The van der Waals surface area contributed by atoms with Crippen molar-refractivity contribution in [2.45, 2.75) is 49.3 Å². The Morgan fingerprint density at radius 3 is 2.06 bits per heavy atom. The van der Waals surface area contributed by atoms with E-state index in [-0.39, 0.29) is 6.61 Å². The minimum absolute atomic E-state index is 0.0935. The molecule has 2 aromatic carbocycles. The van der Waals surface area contributed by atoms with Gasteiger partial charge in [0.2, 0.25) is 20.1 Å². The minimum atomic E-state index is -3.90. The lowest BCUT2D eigenvalue weighted by atomic mass is 9.92. The van der Waals surface area contributed by atoms with Crippen molar-refractivity contribution in [1.29, 1.82) is 0 Å². The van der Waals surface area contributed by atoms with Crippen molar-refractivity contribution in [2.75, 3.05) is 20.7 Å². The number of ether oxygens (including phenoxy) is 1. The number of nitrogens with one attached hydrogen (secondary N) is 1. The average Bonchev–Trinajstić information content (AvgIpc) is 2.78. The zero-order valence-electron chi connectivity index (χ0n) is 20.6. The summed E-state index contributed by atoms with van der Waals surface area (Å²) in [6.45, 7) is 6.42. The summed E-state index contributed by atoms with van der Waals surface area (Å²) in [4.78, 5) is 13.6. The molecule has 0 radical (unpaired) electrons. The molecule has 186 valence electrons. The molecule has 34 heavy (non-hydrogen) atoms. The summed E-state index contributed by atoms with van der Waals surface area (Å²) < 4.78 is 48.3. The van der Waals surface area contributed by atoms with Crippen molar-refractivity contribution >= 4 is 26.1 Å². The van der Waals surface area contributed by atoms with Gasteiger partial charge in [-0.05, 0) is 51.5 Å². The molecule has 2 aromatic rings. The second kappa shape index (κ2) is 11.4. The first-order chi connectivity index (χ1) is 15.8. The molecular weight excluding hydrogens is 472 g/mol. The second-order valence-electron chi connectivity index (χ2n) is 8.92. The lowest BCUT2D eigenvalue weighted by molar-refractivity contribution is -0.145. The van der Waals surface area contributed by atoms with Gasteiger partial charge in [-0.2, -0.15) is 4.72 Å². The molecule has 0 aliphatic carbocycles. The van der Waals surface area contributed by atoms with Gasteiger partial charge in [-0.25, -0.2) is 8.42 Å². The summed E-state index contributed by atoms with van der Waals surface area (Å²) in [7, 11) is -3.29. The first-order valence-corrected chi connectivity index (χ1v) is 14.1. The van der Waals surface area contributed by atoms with Crippen LogP contribution >= 0.6 is 0 Å². The van der Waals surface area contributed by atoms with Crippen LogP contribution in [-0.2, 0) is 33.9 Å². The number of carbonyl (C=O) groups excluding carboxylic acids is 1. The number of nitrogens with zero attached hydrogens (tertiary/aromatic N) is 1. The highest BCUT2D eigenvalue weighted by molar-refractivity contribution is 8.03. The lowest BCUT2D eigenvalue weighted by Gasteiger charge is -2.28. The Hall–Kier alpha value is -2.33. The number of carbonyl (C=O) groups is 1. The van der Waals surface area contributed by atoms with Crippen molar-refractivity contribution in [2.24, 2.45) is 0 Å². The second-order valence-corrected chi connectivity index (χ2v) is 14.0. The normalized spacial score (nSPS) is 16.2. The molecule has 0 aliphatic heterocycles. The quantitative estimate of drug-likeness (QED) is 0.388. The average molecular weight is 508 g/mol. The van der Waals surface area contributed by atoms with Crippen molar-refractivity contribution < 1.29 is 22.2 Å². The molecule has 3 atom stereocenters. The fourth-order valence-electron chi connectivity index (χ4n) is 3.15. The van der Waals surface area contributed by atoms with Crippen LogP contribution < -0.4 is 4.72 Å². The molecule has 0 spiro atoms. The predicted octanol–water partition coefficient (Wildman–Crippen LogP) is 3.97. The van der Waals surface area contributed by atoms with Gasteiger partial charge in [0.1, 0.15) is 11.4 Å². The van der Waals surface area contributed by atoms with Crippen LogP contribution in [0.1, 0.15) is 39.2 Å².